The number of benzene rings is 1. The fourth-order valence-electron chi connectivity index (χ4n) is 3.52. The number of aliphatic hydroxyl groups is 1. The largest absolute Gasteiger partial charge is 0.387 e. The highest BCUT2D eigenvalue weighted by Gasteiger charge is 2.24. The van der Waals surface area contributed by atoms with Crippen molar-refractivity contribution in [1.82, 2.24) is 15.1 Å². The van der Waals surface area contributed by atoms with E-state index in [0.717, 1.165) is 43.4 Å². The molecule has 2 aromatic rings. The number of morpholine rings is 1. The van der Waals surface area contributed by atoms with Crippen molar-refractivity contribution in [3.05, 3.63) is 46.1 Å². The molecule has 1 aromatic carbocycles. The van der Waals surface area contributed by atoms with Crippen molar-refractivity contribution in [3.63, 3.8) is 0 Å². The van der Waals surface area contributed by atoms with E-state index in [0.29, 0.717) is 24.0 Å². The van der Waals surface area contributed by atoms with E-state index in [1.54, 1.807) is 12.1 Å². The highest BCUT2D eigenvalue weighted by molar-refractivity contribution is 6.30. The van der Waals surface area contributed by atoms with Crippen molar-refractivity contribution >= 4 is 17.4 Å². The van der Waals surface area contributed by atoms with Gasteiger partial charge in [-0.1, -0.05) is 37.6 Å². The maximum absolute atomic E-state index is 10.4. The average Bonchev–Trinajstić information content (AvgIpc) is 2.99. The molecule has 148 valence electrons. The summed E-state index contributed by atoms with van der Waals surface area (Å²) in [5.74, 6) is 1.49. The van der Waals surface area contributed by atoms with Gasteiger partial charge in [-0.2, -0.15) is 5.10 Å². The van der Waals surface area contributed by atoms with E-state index in [9.17, 15) is 5.11 Å². The van der Waals surface area contributed by atoms with E-state index in [2.05, 4.69) is 24.1 Å². The second kappa shape index (κ2) is 9.06. The van der Waals surface area contributed by atoms with Crippen LogP contribution in [0.4, 0.5) is 5.82 Å². The average molecular weight is 393 g/mol. The standard InChI is InChI=1S/C20H29ClN4O2/c1-14(2)19-17(20(24(3)23-19)25-8-10-27-11-9-25)12-22-13-18(26)15-4-6-16(21)7-5-15/h4-7,14,18,22,26H,8-13H2,1-3H3. The van der Waals surface area contributed by atoms with Crippen LogP contribution in [0.3, 0.4) is 0 Å². The van der Waals surface area contributed by atoms with Crippen LogP contribution in [-0.2, 0) is 18.3 Å². The Balaban J connectivity index is 1.71. The molecule has 1 aliphatic rings. The van der Waals surface area contributed by atoms with Crippen molar-refractivity contribution in [3.8, 4) is 0 Å². The molecule has 6 nitrogen and oxygen atoms in total. The molecule has 2 heterocycles. The van der Waals surface area contributed by atoms with Gasteiger partial charge in [0, 0.05) is 43.8 Å². The monoisotopic (exact) mass is 392 g/mol. The lowest BCUT2D eigenvalue weighted by atomic mass is 10.0. The summed E-state index contributed by atoms with van der Waals surface area (Å²) in [6.45, 7) is 8.69. The molecule has 0 amide bonds. The molecule has 2 N–H and O–H groups in total. The Kier molecular flexibility index (Phi) is 6.76. The van der Waals surface area contributed by atoms with Gasteiger partial charge in [0.2, 0.25) is 0 Å². The molecule has 1 unspecified atom stereocenters. The van der Waals surface area contributed by atoms with Gasteiger partial charge in [-0.05, 0) is 23.6 Å². The lowest BCUT2D eigenvalue weighted by molar-refractivity contribution is 0.122. The predicted octanol–water partition coefficient (Wildman–Crippen LogP) is 2.86. The Morgan fingerprint density at radius 1 is 1.22 bits per heavy atom. The van der Waals surface area contributed by atoms with Crippen LogP contribution < -0.4 is 10.2 Å². The molecule has 1 aliphatic heterocycles. The fraction of sp³-hybridized carbons (Fsp3) is 0.550. The molecule has 3 rings (SSSR count). The summed E-state index contributed by atoms with van der Waals surface area (Å²) >= 11 is 5.92. The molecule has 0 radical (unpaired) electrons. The molecule has 0 bridgehead atoms. The number of nitrogens with zero attached hydrogens (tertiary/aromatic N) is 3. The zero-order valence-electron chi connectivity index (χ0n) is 16.3. The van der Waals surface area contributed by atoms with E-state index >= 15 is 0 Å². The van der Waals surface area contributed by atoms with Crippen molar-refractivity contribution in [1.29, 1.82) is 0 Å². The third-order valence-electron chi connectivity index (χ3n) is 4.90. The Bertz CT molecular complexity index is 739. The smallest absolute Gasteiger partial charge is 0.131 e. The topological polar surface area (TPSA) is 62.5 Å². The van der Waals surface area contributed by atoms with Gasteiger partial charge < -0.3 is 20.1 Å². The summed E-state index contributed by atoms with van der Waals surface area (Å²) in [5.41, 5.74) is 3.17. The first kappa shape index (κ1) is 20.1. The van der Waals surface area contributed by atoms with E-state index in [-0.39, 0.29) is 0 Å². The van der Waals surface area contributed by atoms with Crippen LogP contribution >= 0.6 is 11.6 Å². The number of aliphatic hydroxyl groups excluding tert-OH is 1. The fourth-order valence-corrected chi connectivity index (χ4v) is 3.65. The molecule has 7 heteroatoms. The number of halogens is 1. The first-order chi connectivity index (χ1) is 13.0. The van der Waals surface area contributed by atoms with Gasteiger partial charge in [-0.25, -0.2) is 0 Å². The lowest BCUT2D eigenvalue weighted by Gasteiger charge is -2.29. The molecule has 1 saturated heterocycles. The summed E-state index contributed by atoms with van der Waals surface area (Å²) in [6, 6.07) is 7.32. The summed E-state index contributed by atoms with van der Waals surface area (Å²) in [7, 11) is 2.00. The van der Waals surface area contributed by atoms with E-state index in [4.69, 9.17) is 21.4 Å². The lowest BCUT2D eigenvalue weighted by Crippen LogP contribution is -2.38. The first-order valence-electron chi connectivity index (χ1n) is 9.50. The van der Waals surface area contributed by atoms with Crippen LogP contribution in [0, 0.1) is 0 Å². The van der Waals surface area contributed by atoms with Crippen molar-refractivity contribution in [2.45, 2.75) is 32.4 Å². The number of rotatable bonds is 7. The van der Waals surface area contributed by atoms with Gasteiger partial charge >= 0.3 is 0 Å². The van der Waals surface area contributed by atoms with Gasteiger partial charge in [0.25, 0.3) is 0 Å². The Labute approximate surface area is 166 Å². The second-order valence-corrected chi connectivity index (χ2v) is 7.70. The minimum Gasteiger partial charge on any atom is -0.387 e. The molecule has 1 atom stereocenters. The predicted molar refractivity (Wildman–Crippen MR) is 108 cm³/mol. The normalized spacial score (nSPS) is 16.1. The molecular weight excluding hydrogens is 364 g/mol. The summed E-state index contributed by atoms with van der Waals surface area (Å²) < 4.78 is 7.48. The van der Waals surface area contributed by atoms with Crippen LogP contribution in [0.2, 0.25) is 5.02 Å². The Morgan fingerprint density at radius 2 is 1.89 bits per heavy atom. The molecule has 0 aliphatic carbocycles. The quantitative estimate of drug-likeness (QED) is 0.758. The summed E-state index contributed by atoms with van der Waals surface area (Å²) in [4.78, 5) is 2.34. The number of aryl methyl sites for hydroxylation is 1. The summed E-state index contributed by atoms with van der Waals surface area (Å²) in [5, 5.41) is 19.3. The SMILES string of the molecule is CC(C)c1nn(C)c(N2CCOCC2)c1CNCC(O)c1ccc(Cl)cc1. The second-order valence-electron chi connectivity index (χ2n) is 7.26. The van der Waals surface area contributed by atoms with Crippen LogP contribution in [0.15, 0.2) is 24.3 Å². The number of hydrogen-bond acceptors (Lipinski definition) is 5. The van der Waals surface area contributed by atoms with Crippen LogP contribution in [-0.4, -0.2) is 47.7 Å². The van der Waals surface area contributed by atoms with Gasteiger partial charge in [0.1, 0.15) is 5.82 Å². The highest BCUT2D eigenvalue weighted by Crippen LogP contribution is 2.29. The van der Waals surface area contributed by atoms with Crippen LogP contribution in [0.5, 0.6) is 0 Å². The zero-order valence-corrected chi connectivity index (χ0v) is 17.0. The minimum atomic E-state index is -0.576. The van der Waals surface area contributed by atoms with E-state index in [1.165, 1.54) is 5.56 Å². The van der Waals surface area contributed by atoms with Crippen molar-refractivity contribution < 1.29 is 9.84 Å². The number of hydrogen-bond donors (Lipinski definition) is 2. The van der Waals surface area contributed by atoms with Crippen LogP contribution in [0.1, 0.15) is 42.7 Å². The van der Waals surface area contributed by atoms with Gasteiger partial charge in [0.05, 0.1) is 25.0 Å². The Hall–Kier alpha value is -1.60. The maximum atomic E-state index is 10.4. The number of nitrogens with one attached hydrogen (secondary N) is 1. The number of anilines is 1. The first-order valence-corrected chi connectivity index (χ1v) is 9.88. The maximum Gasteiger partial charge on any atom is 0.131 e. The molecule has 0 spiro atoms. The third-order valence-corrected chi connectivity index (χ3v) is 5.15. The zero-order chi connectivity index (χ0) is 19.4. The van der Waals surface area contributed by atoms with Gasteiger partial charge in [0.15, 0.2) is 0 Å². The van der Waals surface area contributed by atoms with Gasteiger partial charge in [-0.3, -0.25) is 4.68 Å². The molecule has 27 heavy (non-hydrogen) atoms. The molecule has 0 saturated carbocycles. The van der Waals surface area contributed by atoms with Crippen molar-refractivity contribution in [2.75, 3.05) is 37.7 Å². The highest BCUT2D eigenvalue weighted by atomic mass is 35.5. The van der Waals surface area contributed by atoms with Crippen LogP contribution in [0.25, 0.3) is 0 Å². The van der Waals surface area contributed by atoms with Gasteiger partial charge in [-0.15, -0.1) is 0 Å². The number of ether oxygens (including phenoxy) is 1. The summed E-state index contributed by atoms with van der Waals surface area (Å²) in [6.07, 6.45) is -0.576. The third kappa shape index (κ3) is 4.82. The molecule has 1 fully saturated rings. The van der Waals surface area contributed by atoms with E-state index < -0.39 is 6.10 Å². The molecule has 1 aromatic heterocycles. The molecular formula is C20H29ClN4O2. The Morgan fingerprint density at radius 3 is 2.52 bits per heavy atom. The van der Waals surface area contributed by atoms with Crippen molar-refractivity contribution in [2.24, 2.45) is 7.05 Å². The van der Waals surface area contributed by atoms with E-state index in [1.807, 2.05) is 23.9 Å². The number of aromatic nitrogens is 2. The minimum absolute atomic E-state index is 0.337.